The largest absolute Gasteiger partial charge is 0.325 e. The number of hydrogen-bond acceptors (Lipinski definition) is 4. The molecule has 0 aliphatic carbocycles. The van der Waals surface area contributed by atoms with E-state index in [1.807, 2.05) is 6.92 Å². The Balaban J connectivity index is 0.00000162. The van der Waals surface area contributed by atoms with Crippen LogP contribution in [0.25, 0.3) is 11.0 Å². The van der Waals surface area contributed by atoms with Crippen molar-refractivity contribution >= 4 is 35.0 Å². The van der Waals surface area contributed by atoms with E-state index in [2.05, 4.69) is 20.7 Å². The lowest BCUT2D eigenvalue weighted by molar-refractivity contribution is -0.117. The Morgan fingerprint density at radius 1 is 1.44 bits per heavy atom. The zero-order chi connectivity index (χ0) is 12.3. The van der Waals surface area contributed by atoms with Crippen molar-refractivity contribution in [1.82, 2.24) is 15.4 Å². The monoisotopic (exact) mass is 269 g/mol. The SMILES string of the molecule is CCCC(N)C(=O)Nc1ccc2n[nH]nc2c1.Cl. The molecule has 0 radical (unpaired) electrons. The summed E-state index contributed by atoms with van der Waals surface area (Å²) in [4.78, 5) is 11.7. The number of hydrogen-bond donors (Lipinski definition) is 3. The van der Waals surface area contributed by atoms with E-state index in [4.69, 9.17) is 5.73 Å². The van der Waals surface area contributed by atoms with Crippen LogP contribution in [0.15, 0.2) is 18.2 Å². The second kappa shape index (κ2) is 6.32. The van der Waals surface area contributed by atoms with E-state index in [9.17, 15) is 4.79 Å². The van der Waals surface area contributed by atoms with Gasteiger partial charge in [0.25, 0.3) is 0 Å². The van der Waals surface area contributed by atoms with Crippen molar-refractivity contribution in [3.8, 4) is 0 Å². The quantitative estimate of drug-likeness (QED) is 0.782. The number of rotatable bonds is 4. The maximum atomic E-state index is 11.7. The summed E-state index contributed by atoms with van der Waals surface area (Å²) in [5.41, 5.74) is 7.88. The van der Waals surface area contributed by atoms with E-state index in [0.717, 1.165) is 11.9 Å². The van der Waals surface area contributed by atoms with Gasteiger partial charge in [-0.3, -0.25) is 4.79 Å². The van der Waals surface area contributed by atoms with Crippen molar-refractivity contribution in [3.05, 3.63) is 18.2 Å². The summed E-state index contributed by atoms with van der Waals surface area (Å²) < 4.78 is 0. The lowest BCUT2D eigenvalue weighted by Gasteiger charge is -2.10. The van der Waals surface area contributed by atoms with E-state index in [-0.39, 0.29) is 18.3 Å². The van der Waals surface area contributed by atoms with Crippen LogP contribution < -0.4 is 11.1 Å². The summed E-state index contributed by atoms with van der Waals surface area (Å²) >= 11 is 0. The molecule has 7 heteroatoms. The van der Waals surface area contributed by atoms with Crippen molar-refractivity contribution in [2.24, 2.45) is 5.73 Å². The topological polar surface area (TPSA) is 96.7 Å². The average molecular weight is 270 g/mol. The fourth-order valence-corrected chi connectivity index (χ4v) is 1.60. The molecule has 0 spiro atoms. The van der Waals surface area contributed by atoms with Gasteiger partial charge in [-0.15, -0.1) is 12.4 Å². The molecule has 0 saturated heterocycles. The van der Waals surface area contributed by atoms with Crippen LogP contribution in [0.5, 0.6) is 0 Å². The first-order valence-corrected chi connectivity index (χ1v) is 5.57. The maximum absolute atomic E-state index is 11.7. The van der Waals surface area contributed by atoms with Crippen molar-refractivity contribution in [3.63, 3.8) is 0 Å². The number of aromatic amines is 1. The average Bonchev–Trinajstić information content (AvgIpc) is 2.76. The third-order valence-electron chi connectivity index (χ3n) is 2.52. The molecule has 4 N–H and O–H groups in total. The van der Waals surface area contributed by atoms with Gasteiger partial charge >= 0.3 is 0 Å². The second-order valence-electron chi connectivity index (χ2n) is 3.91. The predicted octanol–water partition coefficient (Wildman–Crippen LogP) is 1.45. The minimum Gasteiger partial charge on any atom is -0.325 e. The first-order valence-electron chi connectivity index (χ1n) is 5.57. The molecule has 98 valence electrons. The van der Waals surface area contributed by atoms with Crippen LogP contribution in [0.1, 0.15) is 19.8 Å². The van der Waals surface area contributed by atoms with Gasteiger partial charge in [-0.1, -0.05) is 13.3 Å². The van der Waals surface area contributed by atoms with Crippen molar-refractivity contribution < 1.29 is 4.79 Å². The summed E-state index contributed by atoms with van der Waals surface area (Å²) in [6, 6.07) is 4.87. The fraction of sp³-hybridized carbons (Fsp3) is 0.364. The van der Waals surface area contributed by atoms with Crippen molar-refractivity contribution in [2.75, 3.05) is 5.32 Å². The smallest absolute Gasteiger partial charge is 0.241 e. The van der Waals surface area contributed by atoms with Crippen LogP contribution in [0.4, 0.5) is 5.69 Å². The molecule has 1 heterocycles. The number of nitrogens with zero attached hydrogens (tertiary/aromatic N) is 2. The molecule has 0 bridgehead atoms. The third kappa shape index (κ3) is 3.18. The lowest BCUT2D eigenvalue weighted by Crippen LogP contribution is -2.35. The Hall–Kier alpha value is -1.66. The van der Waals surface area contributed by atoms with E-state index < -0.39 is 6.04 Å². The highest BCUT2D eigenvalue weighted by atomic mass is 35.5. The van der Waals surface area contributed by atoms with E-state index >= 15 is 0 Å². The summed E-state index contributed by atoms with van der Waals surface area (Å²) in [6.07, 6.45) is 1.56. The summed E-state index contributed by atoms with van der Waals surface area (Å²) in [6.45, 7) is 1.99. The van der Waals surface area contributed by atoms with Gasteiger partial charge in [-0.25, -0.2) is 0 Å². The lowest BCUT2D eigenvalue weighted by atomic mass is 10.1. The highest BCUT2D eigenvalue weighted by Crippen LogP contribution is 2.15. The normalized spacial score (nSPS) is 11.9. The number of nitrogens with one attached hydrogen (secondary N) is 2. The Morgan fingerprint density at radius 2 is 2.17 bits per heavy atom. The third-order valence-corrected chi connectivity index (χ3v) is 2.52. The van der Waals surface area contributed by atoms with Gasteiger partial charge in [0.1, 0.15) is 11.0 Å². The molecule has 0 aliphatic rings. The zero-order valence-electron chi connectivity index (χ0n) is 10.0. The predicted molar refractivity (Wildman–Crippen MR) is 72.6 cm³/mol. The van der Waals surface area contributed by atoms with Gasteiger partial charge in [0.15, 0.2) is 0 Å². The molecule has 1 aromatic heterocycles. The minimum absolute atomic E-state index is 0. The molecule has 0 saturated carbocycles. The second-order valence-corrected chi connectivity index (χ2v) is 3.91. The highest BCUT2D eigenvalue weighted by molar-refractivity contribution is 5.96. The first kappa shape index (κ1) is 14.4. The van der Waals surface area contributed by atoms with Crippen LogP contribution >= 0.6 is 12.4 Å². The van der Waals surface area contributed by atoms with E-state index in [1.165, 1.54) is 0 Å². The van der Waals surface area contributed by atoms with Crippen LogP contribution in [-0.2, 0) is 4.79 Å². The summed E-state index contributed by atoms with van der Waals surface area (Å²) in [5, 5.41) is 13.2. The number of carbonyl (C=O) groups excluding carboxylic acids is 1. The summed E-state index contributed by atoms with van der Waals surface area (Å²) in [7, 11) is 0. The van der Waals surface area contributed by atoms with Crippen LogP contribution in [-0.4, -0.2) is 27.4 Å². The molecular formula is C11H16ClN5O. The Kier molecular flexibility index (Phi) is 5.06. The molecule has 1 unspecified atom stereocenters. The molecule has 6 nitrogen and oxygen atoms in total. The van der Waals surface area contributed by atoms with Gasteiger partial charge in [0, 0.05) is 5.69 Å². The van der Waals surface area contributed by atoms with Crippen LogP contribution in [0, 0.1) is 0 Å². The number of halogens is 1. The summed E-state index contributed by atoms with van der Waals surface area (Å²) in [5.74, 6) is -0.172. The number of fused-ring (bicyclic) bond motifs is 1. The molecule has 0 aliphatic heterocycles. The van der Waals surface area contributed by atoms with Gasteiger partial charge in [0.2, 0.25) is 5.91 Å². The number of carbonyl (C=O) groups is 1. The van der Waals surface area contributed by atoms with Gasteiger partial charge in [-0.05, 0) is 24.6 Å². The highest BCUT2D eigenvalue weighted by Gasteiger charge is 2.12. The van der Waals surface area contributed by atoms with Gasteiger partial charge in [0.05, 0.1) is 6.04 Å². The molecule has 1 atom stereocenters. The van der Waals surface area contributed by atoms with Crippen molar-refractivity contribution in [2.45, 2.75) is 25.8 Å². The standard InChI is InChI=1S/C11H15N5O.ClH/c1-2-3-8(12)11(17)13-7-4-5-9-10(6-7)15-16-14-9;/h4-6,8H,2-3,12H2,1H3,(H,13,17)(H,14,15,16);1H. The minimum atomic E-state index is -0.465. The van der Waals surface area contributed by atoms with E-state index in [0.29, 0.717) is 17.6 Å². The molecule has 2 aromatic rings. The first-order chi connectivity index (χ1) is 8.20. The van der Waals surface area contributed by atoms with Gasteiger partial charge < -0.3 is 11.1 Å². The van der Waals surface area contributed by atoms with Crippen molar-refractivity contribution in [1.29, 1.82) is 0 Å². The fourth-order valence-electron chi connectivity index (χ4n) is 1.60. The molecular weight excluding hydrogens is 254 g/mol. The number of nitrogens with two attached hydrogens (primary N) is 1. The Labute approximate surface area is 111 Å². The molecule has 18 heavy (non-hydrogen) atoms. The van der Waals surface area contributed by atoms with Crippen LogP contribution in [0.3, 0.4) is 0 Å². The molecule has 0 fully saturated rings. The van der Waals surface area contributed by atoms with Crippen LogP contribution in [0.2, 0.25) is 0 Å². The van der Waals surface area contributed by atoms with Gasteiger partial charge in [-0.2, -0.15) is 15.4 Å². The van der Waals surface area contributed by atoms with E-state index in [1.54, 1.807) is 18.2 Å². The molecule has 1 amide bonds. The molecule has 1 aromatic carbocycles. The molecule has 2 rings (SSSR count). The number of aromatic nitrogens is 3. The Morgan fingerprint density at radius 3 is 2.89 bits per heavy atom. The zero-order valence-corrected chi connectivity index (χ0v) is 10.8. The Bertz CT molecular complexity index is 527. The number of benzene rings is 1. The number of anilines is 1. The number of amides is 1. The maximum Gasteiger partial charge on any atom is 0.241 e. The number of H-pyrrole nitrogens is 1.